The minimum absolute atomic E-state index is 0.0676. The third kappa shape index (κ3) is 4.48. The molecular formula is C22H27N3O2. The monoisotopic (exact) mass is 365 g/mol. The molecule has 2 amide bonds. The van der Waals surface area contributed by atoms with Gasteiger partial charge in [0, 0.05) is 24.8 Å². The molecule has 0 spiro atoms. The van der Waals surface area contributed by atoms with Crippen molar-refractivity contribution >= 4 is 17.5 Å². The zero-order valence-corrected chi connectivity index (χ0v) is 15.7. The Morgan fingerprint density at radius 3 is 2.33 bits per heavy atom. The number of nitrogens with two attached hydrogens (primary N) is 1. The maximum atomic E-state index is 12.9. The van der Waals surface area contributed by atoms with Crippen molar-refractivity contribution in [3.05, 3.63) is 65.7 Å². The van der Waals surface area contributed by atoms with Crippen LogP contribution in [0, 0.1) is 0 Å². The van der Waals surface area contributed by atoms with Gasteiger partial charge in [-0.05, 0) is 37.0 Å². The fraction of sp³-hybridized carbons (Fsp3) is 0.364. The second-order valence-electron chi connectivity index (χ2n) is 7.03. The number of para-hydroxylation sites is 1. The van der Waals surface area contributed by atoms with Crippen molar-refractivity contribution in [2.45, 2.75) is 38.1 Å². The van der Waals surface area contributed by atoms with Crippen LogP contribution >= 0.6 is 0 Å². The average Bonchev–Trinajstić information content (AvgIpc) is 2.70. The van der Waals surface area contributed by atoms with Crippen molar-refractivity contribution in [1.82, 2.24) is 10.2 Å². The van der Waals surface area contributed by atoms with Gasteiger partial charge in [-0.15, -0.1) is 0 Å². The first-order chi connectivity index (χ1) is 13.1. The molecule has 1 fully saturated rings. The lowest BCUT2D eigenvalue weighted by atomic mass is 9.93. The number of amides is 2. The first-order valence-corrected chi connectivity index (χ1v) is 9.59. The quantitative estimate of drug-likeness (QED) is 0.799. The Labute approximate surface area is 160 Å². The van der Waals surface area contributed by atoms with Gasteiger partial charge in [-0.25, -0.2) is 0 Å². The van der Waals surface area contributed by atoms with Gasteiger partial charge >= 0.3 is 0 Å². The van der Waals surface area contributed by atoms with E-state index in [2.05, 4.69) is 5.32 Å². The van der Waals surface area contributed by atoms with E-state index < -0.39 is 0 Å². The molecule has 1 saturated heterocycles. The number of nitrogens with zero attached hydrogens (tertiary/aromatic N) is 1. The highest BCUT2D eigenvalue weighted by Gasteiger charge is 2.29. The van der Waals surface area contributed by atoms with Crippen molar-refractivity contribution < 1.29 is 9.59 Å². The first-order valence-electron chi connectivity index (χ1n) is 9.59. The molecule has 0 aromatic heterocycles. The lowest BCUT2D eigenvalue weighted by Crippen LogP contribution is -2.47. The lowest BCUT2D eigenvalue weighted by molar-refractivity contribution is -0.134. The number of anilines is 1. The normalized spacial score (nSPS) is 16.0. The van der Waals surface area contributed by atoms with Crippen molar-refractivity contribution in [3.8, 4) is 0 Å². The zero-order chi connectivity index (χ0) is 19.2. The van der Waals surface area contributed by atoms with Gasteiger partial charge in [-0.1, -0.05) is 49.4 Å². The van der Waals surface area contributed by atoms with Crippen molar-refractivity contribution in [2.24, 2.45) is 0 Å². The number of nitrogen functional groups attached to an aromatic ring is 1. The Morgan fingerprint density at radius 1 is 1.07 bits per heavy atom. The van der Waals surface area contributed by atoms with Gasteiger partial charge in [-0.2, -0.15) is 0 Å². The van der Waals surface area contributed by atoms with Crippen molar-refractivity contribution in [1.29, 1.82) is 0 Å². The van der Waals surface area contributed by atoms with Gasteiger partial charge in [0.1, 0.15) is 0 Å². The van der Waals surface area contributed by atoms with E-state index in [4.69, 9.17) is 5.73 Å². The van der Waals surface area contributed by atoms with Gasteiger partial charge in [0.05, 0.1) is 11.5 Å². The molecule has 142 valence electrons. The molecule has 2 aromatic rings. The van der Waals surface area contributed by atoms with Crippen LogP contribution in [0.3, 0.4) is 0 Å². The predicted molar refractivity (Wildman–Crippen MR) is 107 cm³/mol. The number of carbonyl (C=O) groups excluding carboxylic acids is 2. The van der Waals surface area contributed by atoms with E-state index in [0.29, 0.717) is 24.3 Å². The van der Waals surface area contributed by atoms with Gasteiger partial charge < -0.3 is 16.0 Å². The lowest BCUT2D eigenvalue weighted by Gasteiger charge is -2.34. The van der Waals surface area contributed by atoms with E-state index in [1.807, 2.05) is 48.2 Å². The molecule has 2 aromatic carbocycles. The molecule has 1 unspecified atom stereocenters. The third-order valence-electron chi connectivity index (χ3n) is 5.26. The molecule has 1 atom stereocenters. The molecule has 1 aliphatic heterocycles. The number of hydrogen-bond donors (Lipinski definition) is 2. The third-order valence-corrected chi connectivity index (χ3v) is 5.26. The summed E-state index contributed by atoms with van der Waals surface area (Å²) in [6, 6.07) is 17.1. The Morgan fingerprint density at radius 2 is 1.70 bits per heavy atom. The van der Waals surface area contributed by atoms with Crippen LogP contribution in [0.5, 0.6) is 0 Å². The molecule has 0 bridgehead atoms. The number of benzene rings is 2. The highest BCUT2D eigenvalue weighted by molar-refractivity contribution is 5.99. The molecule has 5 nitrogen and oxygen atoms in total. The summed E-state index contributed by atoms with van der Waals surface area (Å²) in [5.74, 6) is -0.0594. The molecule has 27 heavy (non-hydrogen) atoms. The highest BCUT2D eigenvalue weighted by Crippen LogP contribution is 2.24. The molecular weight excluding hydrogens is 338 g/mol. The summed E-state index contributed by atoms with van der Waals surface area (Å²) in [5, 5.41) is 3.05. The summed E-state index contributed by atoms with van der Waals surface area (Å²) in [6.07, 6.45) is 2.30. The van der Waals surface area contributed by atoms with Crippen LogP contribution in [-0.4, -0.2) is 35.8 Å². The Balaban J connectivity index is 1.56. The minimum atomic E-state index is -0.145. The SMILES string of the molecule is CCC(C(=O)N1CCC(NC(=O)c2ccccc2N)CC1)c1ccccc1. The number of carbonyl (C=O) groups is 2. The van der Waals surface area contributed by atoms with Crippen molar-refractivity contribution in [2.75, 3.05) is 18.8 Å². The maximum Gasteiger partial charge on any atom is 0.253 e. The van der Waals surface area contributed by atoms with E-state index in [-0.39, 0.29) is 23.8 Å². The Kier molecular flexibility index (Phi) is 6.12. The van der Waals surface area contributed by atoms with E-state index >= 15 is 0 Å². The van der Waals surface area contributed by atoms with Gasteiger partial charge in [0.2, 0.25) is 5.91 Å². The molecule has 1 heterocycles. The number of rotatable bonds is 5. The van der Waals surface area contributed by atoms with Crippen LogP contribution in [-0.2, 0) is 4.79 Å². The summed E-state index contributed by atoms with van der Waals surface area (Å²) >= 11 is 0. The molecule has 3 N–H and O–H groups in total. The van der Waals surface area contributed by atoms with E-state index in [1.54, 1.807) is 18.2 Å². The van der Waals surface area contributed by atoms with Crippen LogP contribution in [0.1, 0.15) is 48.0 Å². The highest BCUT2D eigenvalue weighted by atomic mass is 16.2. The van der Waals surface area contributed by atoms with Gasteiger partial charge in [0.25, 0.3) is 5.91 Å². The van der Waals surface area contributed by atoms with Crippen LogP contribution in [0.2, 0.25) is 0 Å². The van der Waals surface area contributed by atoms with E-state index in [9.17, 15) is 9.59 Å². The van der Waals surface area contributed by atoms with Gasteiger partial charge in [-0.3, -0.25) is 9.59 Å². The second kappa shape index (κ2) is 8.71. The topological polar surface area (TPSA) is 75.4 Å². The molecule has 0 saturated carbocycles. The van der Waals surface area contributed by atoms with Crippen LogP contribution < -0.4 is 11.1 Å². The number of hydrogen-bond acceptors (Lipinski definition) is 3. The van der Waals surface area contributed by atoms with E-state index in [1.165, 1.54) is 0 Å². The average molecular weight is 365 g/mol. The Bertz CT molecular complexity index is 783. The maximum absolute atomic E-state index is 12.9. The number of likely N-dealkylation sites (tertiary alicyclic amines) is 1. The second-order valence-corrected chi connectivity index (χ2v) is 7.03. The summed E-state index contributed by atoms with van der Waals surface area (Å²) < 4.78 is 0. The van der Waals surface area contributed by atoms with Crippen LogP contribution in [0.4, 0.5) is 5.69 Å². The summed E-state index contributed by atoms with van der Waals surface area (Å²) in [6.45, 7) is 3.38. The number of piperidine rings is 1. The molecule has 5 heteroatoms. The largest absolute Gasteiger partial charge is 0.398 e. The molecule has 0 radical (unpaired) electrons. The van der Waals surface area contributed by atoms with Crippen LogP contribution in [0.25, 0.3) is 0 Å². The Hall–Kier alpha value is -2.82. The fourth-order valence-electron chi connectivity index (χ4n) is 3.67. The van der Waals surface area contributed by atoms with Crippen LogP contribution in [0.15, 0.2) is 54.6 Å². The fourth-order valence-corrected chi connectivity index (χ4v) is 3.67. The zero-order valence-electron chi connectivity index (χ0n) is 15.7. The van der Waals surface area contributed by atoms with E-state index in [0.717, 1.165) is 24.8 Å². The minimum Gasteiger partial charge on any atom is -0.398 e. The van der Waals surface area contributed by atoms with Gasteiger partial charge in [0.15, 0.2) is 0 Å². The van der Waals surface area contributed by atoms with Crippen molar-refractivity contribution in [3.63, 3.8) is 0 Å². The molecule has 3 rings (SSSR count). The summed E-state index contributed by atoms with van der Waals surface area (Å²) in [5.41, 5.74) is 7.94. The first kappa shape index (κ1) is 19.0. The predicted octanol–water partition coefficient (Wildman–Crippen LogP) is 3.18. The molecule has 1 aliphatic rings. The summed E-state index contributed by atoms with van der Waals surface area (Å²) in [7, 11) is 0. The molecule has 0 aliphatic carbocycles. The summed E-state index contributed by atoms with van der Waals surface area (Å²) in [4.78, 5) is 27.3. The number of nitrogens with one attached hydrogen (secondary N) is 1. The smallest absolute Gasteiger partial charge is 0.253 e. The standard InChI is InChI=1S/C22H27N3O2/c1-2-18(16-8-4-3-5-9-16)22(27)25-14-12-17(13-15-25)24-21(26)19-10-6-7-11-20(19)23/h3-11,17-18H,2,12-15,23H2,1H3,(H,24,26).